The quantitative estimate of drug-likeness (QED) is 0.273. The van der Waals surface area contributed by atoms with E-state index in [0.29, 0.717) is 24.8 Å². The van der Waals surface area contributed by atoms with E-state index < -0.39 is 12.1 Å². The Bertz CT molecular complexity index is 1070. The standard InChI is InChI=1S/C33H46N2O4.2ClH/c1-33(2,3)25-11-15-27(16-12-25)39-30(32(36)37)19-23-9-13-26(14-10-23)38-18-17-34-31-28-21-35(22-29(28)31)20-24-7-5-4-6-8-24;;/h9-16,24,28-31,34H,4-8,17-22H2,1-3H3,(H,36,37);2*1H/t28-,29?,30-,31?;;/m0../s1. The molecule has 0 amide bonds. The predicted octanol–water partition coefficient (Wildman–Crippen LogP) is 6.38. The van der Waals surface area contributed by atoms with Crippen LogP contribution in [-0.4, -0.2) is 60.9 Å². The minimum atomic E-state index is -0.969. The first-order valence-corrected chi connectivity index (χ1v) is 14.9. The summed E-state index contributed by atoms with van der Waals surface area (Å²) >= 11 is 0. The fourth-order valence-corrected chi connectivity index (χ4v) is 6.51. The molecule has 1 saturated heterocycles. The highest BCUT2D eigenvalue weighted by Crippen LogP contribution is 2.46. The van der Waals surface area contributed by atoms with Crippen molar-refractivity contribution in [2.45, 2.75) is 76.9 Å². The van der Waals surface area contributed by atoms with Crippen LogP contribution in [-0.2, 0) is 16.6 Å². The van der Waals surface area contributed by atoms with Crippen molar-refractivity contribution in [2.24, 2.45) is 17.8 Å². The average Bonchev–Trinajstić information content (AvgIpc) is 3.37. The smallest absolute Gasteiger partial charge is 0.345 e. The lowest BCUT2D eigenvalue weighted by atomic mass is 9.87. The number of nitrogens with zero attached hydrogens (tertiary/aromatic N) is 1. The molecule has 2 aliphatic carbocycles. The second-order valence-corrected chi connectivity index (χ2v) is 12.9. The van der Waals surface area contributed by atoms with E-state index in [0.717, 1.165) is 35.6 Å². The molecule has 41 heavy (non-hydrogen) atoms. The van der Waals surface area contributed by atoms with Crippen LogP contribution in [0, 0.1) is 17.8 Å². The van der Waals surface area contributed by atoms with E-state index in [9.17, 15) is 9.90 Å². The van der Waals surface area contributed by atoms with Crippen molar-refractivity contribution in [3.05, 3.63) is 59.7 Å². The molecule has 6 nitrogen and oxygen atoms in total. The van der Waals surface area contributed by atoms with Crippen LogP contribution in [0.5, 0.6) is 11.5 Å². The molecule has 8 heteroatoms. The summed E-state index contributed by atoms with van der Waals surface area (Å²) in [5.74, 6) is 3.00. The molecule has 2 unspecified atom stereocenters. The van der Waals surface area contributed by atoms with Crippen LogP contribution in [0.1, 0.15) is 64.0 Å². The van der Waals surface area contributed by atoms with Crippen molar-refractivity contribution in [3.63, 3.8) is 0 Å². The zero-order chi connectivity index (χ0) is 27.4. The van der Waals surface area contributed by atoms with Gasteiger partial charge < -0.3 is 24.8 Å². The van der Waals surface area contributed by atoms with Crippen molar-refractivity contribution >= 4 is 30.8 Å². The third-order valence-corrected chi connectivity index (χ3v) is 8.88. The van der Waals surface area contributed by atoms with Gasteiger partial charge in [-0.25, -0.2) is 4.79 Å². The predicted molar refractivity (Wildman–Crippen MR) is 169 cm³/mol. The fraction of sp³-hybridized carbons (Fsp3) is 0.606. The molecule has 2 aromatic rings. The van der Waals surface area contributed by atoms with Gasteiger partial charge in [0, 0.05) is 38.6 Å². The van der Waals surface area contributed by atoms with Crippen LogP contribution in [0.15, 0.2) is 48.5 Å². The number of fused-ring (bicyclic) bond motifs is 1. The van der Waals surface area contributed by atoms with Gasteiger partial charge in [-0.3, -0.25) is 0 Å². The normalized spacial score (nSPS) is 23.0. The number of halogens is 2. The van der Waals surface area contributed by atoms with Gasteiger partial charge in [0.2, 0.25) is 0 Å². The first-order chi connectivity index (χ1) is 18.8. The molecule has 2 N–H and O–H groups in total. The van der Waals surface area contributed by atoms with E-state index in [1.54, 1.807) is 0 Å². The summed E-state index contributed by atoms with van der Waals surface area (Å²) in [5.41, 5.74) is 2.13. The Balaban J connectivity index is 0.00000231. The number of carbonyl (C=O) groups is 1. The summed E-state index contributed by atoms with van der Waals surface area (Å²) in [4.78, 5) is 14.6. The summed E-state index contributed by atoms with van der Waals surface area (Å²) in [5, 5.41) is 13.4. The number of nitrogens with one attached hydrogen (secondary N) is 1. The molecule has 2 aromatic carbocycles. The minimum Gasteiger partial charge on any atom is -0.492 e. The topological polar surface area (TPSA) is 71.0 Å². The second-order valence-electron chi connectivity index (χ2n) is 12.9. The van der Waals surface area contributed by atoms with E-state index in [2.05, 4.69) is 31.0 Å². The van der Waals surface area contributed by atoms with Gasteiger partial charge in [-0.05, 0) is 71.4 Å². The Morgan fingerprint density at radius 3 is 2.15 bits per heavy atom. The Morgan fingerprint density at radius 1 is 0.951 bits per heavy atom. The van der Waals surface area contributed by atoms with E-state index >= 15 is 0 Å². The van der Waals surface area contributed by atoms with Gasteiger partial charge in [-0.15, -0.1) is 24.8 Å². The number of rotatable bonds is 12. The zero-order valence-electron chi connectivity index (χ0n) is 24.7. The number of benzene rings is 2. The molecule has 0 radical (unpaired) electrons. The Kier molecular flexibility index (Phi) is 12.2. The third-order valence-electron chi connectivity index (χ3n) is 8.88. The minimum absolute atomic E-state index is 0. The third kappa shape index (κ3) is 9.25. The number of aliphatic carboxylic acids is 1. The van der Waals surface area contributed by atoms with Crippen LogP contribution in [0.2, 0.25) is 0 Å². The fourth-order valence-electron chi connectivity index (χ4n) is 6.51. The first-order valence-electron chi connectivity index (χ1n) is 14.9. The second kappa shape index (κ2) is 15.0. The molecule has 4 atom stereocenters. The van der Waals surface area contributed by atoms with E-state index in [-0.39, 0.29) is 30.2 Å². The Labute approximate surface area is 258 Å². The van der Waals surface area contributed by atoms with Crippen LogP contribution in [0.4, 0.5) is 0 Å². The van der Waals surface area contributed by atoms with Gasteiger partial charge in [-0.2, -0.15) is 0 Å². The summed E-state index contributed by atoms with van der Waals surface area (Å²) in [6.07, 6.45) is 6.52. The van der Waals surface area contributed by atoms with Crippen LogP contribution < -0.4 is 14.8 Å². The lowest BCUT2D eigenvalue weighted by Gasteiger charge is -2.28. The highest BCUT2D eigenvalue weighted by molar-refractivity contribution is 5.85. The van der Waals surface area contributed by atoms with Crippen molar-refractivity contribution in [3.8, 4) is 11.5 Å². The number of carboxylic acids is 1. The van der Waals surface area contributed by atoms with Crippen LogP contribution in [0.3, 0.4) is 0 Å². The molecule has 1 heterocycles. The molecule has 2 saturated carbocycles. The van der Waals surface area contributed by atoms with Gasteiger partial charge in [0.05, 0.1) is 0 Å². The molecule has 5 rings (SSSR count). The van der Waals surface area contributed by atoms with E-state index in [1.165, 1.54) is 57.3 Å². The van der Waals surface area contributed by atoms with Gasteiger partial charge in [-0.1, -0.05) is 64.3 Å². The number of piperidine rings is 1. The Hall–Kier alpha value is -1.99. The molecule has 3 aliphatic rings. The zero-order valence-corrected chi connectivity index (χ0v) is 26.4. The summed E-state index contributed by atoms with van der Waals surface area (Å²) in [6, 6.07) is 16.1. The maximum absolute atomic E-state index is 11.9. The molecule has 0 spiro atoms. The number of ether oxygens (including phenoxy) is 2. The van der Waals surface area contributed by atoms with Crippen molar-refractivity contribution in [2.75, 3.05) is 32.8 Å². The van der Waals surface area contributed by atoms with Crippen molar-refractivity contribution < 1.29 is 19.4 Å². The largest absolute Gasteiger partial charge is 0.492 e. The Morgan fingerprint density at radius 2 is 1.56 bits per heavy atom. The number of hydrogen-bond acceptors (Lipinski definition) is 5. The van der Waals surface area contributed by atoms with Gasteiger partial charge >= 0.3 is 5.97 Å². The lowest BCUT2D eigenvalue weighted by molar-refractivity contribution is -0.145. The van der Waals surface area contributed by atoms with Gasteiger partial charge in [0.1, 0.15) is 18.1 Å². The van der Waals surface area contributed by atoms with Crippen LogP contribution in [0.25, 0.3) is 0 Å². The number of likely N-dealkylation sites (tertiary alicyclic amines) is 1. The maximum atomic E-state index is 11.9. The molecule has 0 aromatic heterocycles. The molecule has 0 bridgehead atoms. The van der Waals surface area contributed by atoms with E-state index in [4.69, 9.17) is 9.47 Å². The SMILES string of the molecule is CC(C)(C)c1ccc(O[C@@H](Cc2ccc(OCCNC3C4CN(CC5CCCCC5)C[C@@H]43)cc2)C(=O)O)cc1.Cl.Cl. The number of carboxylic acid groups (broad SMARTS) is 1. The highest BCUT2D eigenvalue weighted by atomic mass is 35.5. The lowest BCUT2D eigenvalue weighted by Crippen LogP contribution is -2.36. The summed E-state index contributed by atoms with van der Waals surface area (Å²) in [6.45, 7) is 11.8. The summed E-state index contributed by atoms with van der Waals surface area (Å²) < 4.78 is 11.8. The first kappa shape index (κ1) is 33.5. The van der Waals surface area contributed by atoms with Crippen molar-refractivity contribution in [1.29, 1.82) is 0 Å². The van der Waals surface area contributed by atoms with Gasteiger partial charge in [0.15, 0.2) is 6.10 Å². The molecule has 1 aliphatic heterocycles. The molecule has 3 fully saturated rings. The highest BCUT2D eigenvalue weighted by Gasteiger charge is 2.55. The van der Waals surface area contributed by atoms with E-state index in [1.807, 2.05) is 48.5 Å². The molecular weight excluding hydrogens is 559 g/mol. The maximum Gasteiger partial charge on any atom is 0.345 e. The molecular formula is C33H48Cl2N2O4. The average molecular weight is 608 g/mol. The number of hydrogen-bond donors (Lipinski definition) is 2. The van der Waals surface area contributed by atoms with Crippen molar-refractivity contribution in [1.82, 2.24) is 10.2 Å². The monoisotopic (exact) mass is 606 g/mol. The van der Waals surface area contributed by atoms with Gasteiger partial charge in [0.25, 0.3) is 0 Å². The summed E-state index contributed by atoms with van der Waals surface area (Å²) in [7, 11) is 0. The molecule has 228 valence electrons. The van der Waals surface area contributed by atoms with Crippen LogP contribution >= 0.6 is 24.8 Å².